The molecule has 1 unspecified atom stereocenters. The fourth-order valence-corrected chi connectivity index (χ4v) is 3.25. The van der Waals surface area contributed by atoms with Crippen molar-refractivity contribution in [3.05, 3.63) is 83.6 Å². The second-order valence-electron chi connectivity index (χ2n) is 6.13. The molecule has 3 rings (SSSR count). The van der Waals surface area contributed by atoms with Gasteiger partial charge in [-0.25, -0.2) is 0 Å². The molecule has 0 aromatic heterocycles. The fraction of sp³-hybridized carbons (Fsp3) is 0.200. The van der Waals surface area contributed by atoms with Gasteiger partial charge in [0.15, 0.2) is 0 Å². The van der Waals surface area contributed by atoms with Crippen molar-refractivity contribution in [3.63, 3.8) is 0 Å². The number of hydrogen-bond donors (Lipinski definition) is 3. The van der Waals surface area contributed by atoms with Gasteiger partial charge < -0.3 is 15.3 Å². The Hall–Kier alpha value is -2.68. The van der Waals surface area contributed by atoms with E-state index in [9.17, 15) is 15.3 Å². The van der Waals surface area contributed by atoms with Gasteiger partial charge in [-0.15, -0.1) is 0 Å². The molecule has 0 saturated carbocycles. The highest BCUT2D eigenvalue weighted by Gasteiger charge is 2.36. The number of hydrogen-bond acceptors (Lipinski definition) is 3. The van der Waals surface area contributed by atoms with Crippen LogP contribution in [0.5, 0.6) is 11.5 Å². The molecule has 2 aromatic rings. The standard InChI is InChI=1S/C20H20O3/c1-20(14-2-8-17(21)9-3-14,15-4-10-18(22)11-5-15)16-6-12-19(23)13-7-16/h2-6,8-13,16,21-23H,7H2,1H3. The molecule has 2 aromatic carbocycles. The van der Waals surface area contributed by atoms with Gasteiger partial charge in [0.25, 0.3) is 0 Å². The van der Waals surface area contributed by atoms with Crippen molar-refractivity contribution in [1.29, 1.82) is 0 Å². The van der Waals surface area contributed by atoms with E-state index in [1.807, 2.05) is 36.4 Å². The summed E-state index contributed by atoms with van der Waals surface area (Å²) in [5.74, 6) is 0.921. The number of aromatic hydroxyl groups is 2. The Morgan fingerprint density at radius 1 is 0.826 bits per heavy atom. The lowest BCUT2D eigenvalue weighted by Gasteiger charge is -2.38. The van der Waals surface area contributed by atoms with Gasteiger partial charge in [-0.3, -0.25) is 0 Å². The number of phenolic OH excluding ortho intramolecular Hbond substituents is 2. The van der Waals surface area contributed by atoms with E-state index >= 15 is 0 Å². The molecule has 3 heteroatoms. The van der Waals surface area contributed by atoms with Gasteiger partial charge in [0.1, 0.15) is 17.3 Å². The van der Waals surface area contributed by atoms with Crippen LogP contribution in [0.25, 0.3) is 0 Å². The number of benzene rings is 2. The summed E-state index contributed by atoms with van der Waals surface area (Å²) in [4.78, 5) is 0. The molecule has 0 bridgehead atoms. The highest BCUT2D eigenvalue weighted by Crippen LogP contribution is 2.43. The van der Waals surface area contributed by atoms with Gasteiger partial charge in [-0.05, 0) is 59.9 Å². The molecule has 23 heavy (non-hydrogen) atoms. The van der Waals surface area contributed by atoms with Gasteiger partial charge >= 0.3 is 0 Å². The Balaban J connectivity index is 2.11. The van der Waals surface area contributed by atoms with Crippen LogP contribution in [0.15, 0.2) is 72.5 Å². The van der Waals surface area contributed by atoms with Crippen LogP contribution in [0.1, 0.15) is 24.5 Å². The molecular weight excluding hydrogens is 288 g/mol. The Bertz CT molecular complexity index is 694. The van der Waals surface area contributed by atoms with E-state index in [0.29, 0.717) is 5.76 Å². The first kappa shape index (κ1) is 15.2. The summed E-state index contributed by atoms with van der Waals surface area (Å²) in [6, 6.07) is 14.5. The lowest BCUT2D eigenvalue weighted by atomic mass is 9.65. The van der Waals surface area contributed by atoms with Gasteiger partial charge in [0.2, 0.25) is 0 Å². The molecule has 1 aliphatic rings. The Morgan fingerprint density at radius 3 is 1.70 bits per heavy atom. The quantitative estimate of drug-likeness (QED) is 0.786. The van der Waals surface area contributed by atoms with Gasteiger partial charge in [0.05, 0.1) is 0 Å². The van der Waals surface area contributed by atoms with Gasteiger partial charge in [-0.2, -0.15) is 0 Å². The topological polar surface area (TPSA) is 60.7 Å². The number of allylic oxidation sites excluding steroid dienone is 3. The first-order valence-electron chi connectivity index (χ1n) is 7.66. The summed E-state index contributed by atoms with van der Waals surface area (Å²) in [5.41, 5.74) is 1.81. The number of aliphatic hydroxyl groups excluding tert-OH is 1. The van der Waals surface area contributed by atoms with Crippen molar-refractivity contribution in [3.8, 4) is 11.5 Å². The van der Waals surface area contributed by atoms with E-state index in [4.69, 9.17) is 0 Å². The van der Waals surface area contributed by atoms with Crippen molar-refractivity contribution in [2.75, 3.05) is 0 Å². The summed E-state index contributed by atoms with van der Waals surface area (Å²) in [7, 11) is 0. The van der Waals surface area contributed by atoms with Crippen molar-refractivity contribution in [2.24, 2.45) is 5.92 Å². The molecule has 0 fully saturated rings. The normalized spacial score (nSPS) is 17.8. The summed E-state index contributed by atoms with van der Waals surface area (Å²) in [6.45, 7) is 2.15. The van der Waals surface area contributed by atoms with Crippen molar-refractivity contribution < 1.29 is 15.3 Å². The largest absolute Gasteiger partial charge is 0.508 e. The van der Waals surface area contributed by atoms with Crippen LogP contribution in [0.4, 0.5) is 0 Å². The maximum Gasteiger partial charge on any atom is 0.115 e. The SMILES string of the molecule is CC(c1ccc(O)cc1)(c1ccc(O)cc1)C1C=CC(O)=CC1. The van der Waals surface area contributed by atoms with Crippen LogP contribution >= 0.6 is 0 Å². The number of phenols is 2. The first-order chi connectivity index (χ1) is 11.0. The van der Waals surface area contributed by atoms with Crippen molar-refractivity contribution in [2.45, 2.75) is 18.8 Å². The highest BCUT2D eigenvalue weighted by molar-refractivity contribution is 5.45. The summed E-state index contributed by atoms with van der Waals surface area (Å²) in [6.07, 6.45) is 6.30. The minimum absolute atomic E-state index is 0.160. The second kappa shape index (κ2) is 5.84. The van der Waals surface area contributed by atoms with E-state index in [-0.39, 0.29) is 22.8 Å². The summed E-state index contributed by atoms with van der Waals surface area (Å²) < 4.78 is 0. The molecule has 1 aliphatic carbocycles. The zero-order valence-electron chi connectivity index (χ0n) is 13.0. The smallest absolute Gasteiger partial charge is 0.115 e. The van der Waals surface area contributed by atoms with Crippen LogP contribution in [0, 0.1) is 5.92 Å². The third-order valence-electron chi connectivity index (χ3n) is 4.76. The lowest BCUT2D eigenvalue weighted by Crippen LogP contribution is -2.33. The molecule has 118 valence electrons. The van der Waals surface area contributed by atoms with Crippen LogP contribution < -0.4 is 0 Å². The number of rotatable bonds is 3. The summed E-state index contributed by atoms with van der Waals surface area (Å²) in [5, 5.41) is 28.8. The van der Waals surface area contributed by atoms with Crippen LogP contribution in [-0.2, 0) is 5.41 Å². The third-order valence-corrected chi connectivity index (χ3v) is 4.76. The van der Waals surface area contributed by atoms with E-state index in [1.54, 1.807) is 30.3 Å². The van der Waals surface area contributed by atoms with Crippen molar-refractivity contribution in [1.82, 2.24) is 0 Å². The minimum atomic E-state index is -0.338. The Kier molecular flexibility index (Phi) is 3.87. The molecule has 3 N–H and O–H groups in total. The predicted octanol–water partition coefficient (Wildman–Crippen LogP) is 4.42. The monoisotopic (exact) mass is 308 g/mol. The van der Waals surface area contributed by atoms with E-state index in [0.717, 1.165) is 17.5 Å². The molecular formula is C20H20O3. The molecule has 0 saturated heterocycles. The number of aliphatic hydroxyl groups is 1. The van der Waals surface area contributed by atoms with Crippen LogP contribution in [-0.4, -0.2) is 15.3 Å². The van der Waals surface area contributed by atoms with Crippen LogP contribution in [0.2, 0.25) is 0 Å². The Morgan fingerprint density at radius 2 is 1.30 bits per heavy atom. The zero-order valence-corrected chi connectivity index (χ0v) is 13.0. The minimum Gasteiger partial charge on any atom is -0.508 e. The van der Waals surface area contributed by atoms with E-state index in [2.05, 4.69) is 6.92 Å². The molecule has 0 spiro atoms. The third kappa shape index (κ3) is 2.82. The predicted molar refractivity (Wildman–Crippen MR) is 90.6 cm³/mol. The summed E-state index contributed by atoms with van der Waals surface area (Å²) >= 11 is 0. The Labute approximate surface area is 135 Å². The maximum absolute atomic E-state index is 9.61. The maximum atomic E-state index is 9.61. The van der Waals surface area contributed by atoms with Crippen molar-refractivity contribution >= 4 is 0 Å². The second-order valence-corrected chi connectivity index (χ2v) is 6.13. The lowest BCUT2D eigenvalue weighted by molar-refractivity contribution is 0.383. The van der Waals surface area contributed by atoms with Crippen LogP contribution in [0.3, 0.4) is 0 Å². The first-order valence-corrected chi connectivity index (χ1v) is 7.66. The van der Waals surface area contributed by atoms with E-state index < -0.39 is 0 Å². The average Bonchev–Trinajstić information content (AvgIpc) is 2.56. The molecule has 0 amide bonds. The molecule has 0 radical (unpaired) electrons. The van der Waals surface area contributed by atoms with E-state index in [1.165, 1.54) is 0 Å². The van der Waals surface area contributed by atoms with Gasteiger partial charge in [0, 0.05) is 5.41 Å². The van der Waals surface area contributed by atoms with Gasteiger partial charge in [-0.1, -0.05) is 37.3 Å². The zero-order chi connectivity index (χ0) is 16.4. The fourth-order valence-electron chi connectivity index (χ4n) is 3.25. The molecule has 3 nitrogen and oxygen atoms in total. The average molecular weight is 308 g/mol. The molecule has 1 atom stereocenters. The molecule has 0 heterocycles. The molecule has 0 aliphatic heterocycles. The highest BCUT2D eigenvalue weighted by atomic mass is 16.3.